The number of guanidine groups is 1. The number of halogens is 4. The maximum atomic E-state index is 12.8. The summed E-state index contributed by atoms with van der Waals surface area (Å²) in [7, 11) is 0. The van der Waals surface area contributed by atoms with Gasteiger partial charge < -0.3 is 15.5 Å². The van der Waals surface area contributed by atoms with E-state index in [1.54, 1.807) is 6.07 Å². The Kier molecular flexibility index (Phi) is 10.3. The molecule has 0 bridgehead atoms. The number of nitrogens with one attached hydrogen (secondary N) is 2. The van der Waals surface area contributed by atoms with Crippen LogP contribution in [0.1, 0.15) is 37.3 Å². The Morgan fingerprint density at radius 2 is 1.92 bits per heavy atom. The van der Waals surface area contributed by atoms with Crippen LogP contribution in [0.15, 0.2) is 29.3 Å². The molecular weight excluding hydrogens is 456 g/mol. The van der Waals surface area contributed by atoms with Crippen LogP contribution >= 0.6 is 24.0 Å². The van der Waals surface area contributed by atoms with E-state index in [0.717, 1.165) is 31.6 Å². The summed E-state index contributed by atoms with van der Waals surface area (Å²) in [6, 6.07) is 5.31. The first-order valence-corrected chi connectivity index (χ1v) is 8.89. The second-order valence-electron chi connectivity index (χ2n) is 6.22. The average molecular weight is 484 g/mol. The zero-order valence-corrected chi connectivity index (χ0v) is 17.4. The molecule has 1 heterocycles. The molecule has 0 radical (unpaired) electrons. The Hall–Kier alpha value is -1.03. The summed E-state index contributed by atoms with van der Waals surface area (Å²) < 4.78 is 38.3. The van der Waals surface area contributed by atoms with Crippen molar-refractivity contribution >= 4 is 29.9 Å². The Bertz CT molecular complexity index is 558. The van der Waals surface area contributed by atoms with Gasteiger partial charge in [-0.25, -0.2) is 4.99 Å². The van der Waals surface area contributed by atoms with Gasteiger partial charge in [-0.05, 0) is 63.5 Å². The van der Waals surface area contributed by atoms with Crippen molar-refractivity contribution in [1.82, 2.24) is 15.5 Å². The third kappa shape index (κ3) is 8.11. The fourth-order valence-corrected chi connectivity index (χ4v) is 2.87. The molecule has 1 aliphatic heterocycles. The lowest BCUT2D eigenvalue weighted by atomic mass is 10.1. The largest absolute Gasteiger partial charge is 0.416 e. The van der Waals surface area contributed by atoms with Gasteiger partial charge in [-0.3, -0.25) is 0 Å². The van der Waals surface area contributed by atoms with Gasteiger partial charge >= 0.3 is 6.18 Å². The number of alkyl halides is 3. The Morgan fingerprint density at radius 3 is 2.58 bits per heavy atom. The second kappa shape index (κ2) is 11.6. The van der Waals surface area contributed by atoms with Crippen LogP contribution in [0.25, 0.3) is 0 Å². The van der Waals surface area contributed by atoms with E-state index < -0.39 is 11.7 Å². The van der Waals surface area contributed by atoms with E-state index in [9.17, 15) is 13.2 Å². The molecule has 0 unspecified atom stereocenters. The maximum absolute atomic E-state index is 12.8. The smallest absolute Gasteiger partial charge is 0.357 e. The number of hydrogen-bond donors (Lipinski definition) is 2. The summed E-state index contributed by atoms with van der Waals surface area (Å²) in [5.41, 5.74) is -0.0899. The zero-order valence-electron chi connectivity index (χ0n) is 15.1. The summed E-state index contributed by atoms with van der Waals surface area (Å²) in [6.07, 6.45) is -0.727. The van der Waals surface area contributed by atoms with Gasteiger partial charge in [0.25, 0.3) is 0 Å². The van der Waals surface area contributed by atoms with Gasteiger partial charge in [0.05, 0.1) is 12.1 Å². The average Bonchev–Trinajstić information content (AvgIpc) is 3.09. The molecule has 8 heteroatoms. The van der Waals surface area contributed by atoms with Crippen molar-refractivity contribution in [2.75, 3.05) is 32.7 Å². The van der Waals surface area contributed by atoms with E-state index in [2.05, 4.69) is 20.5 Å². The standard InChI is InChI=1S/C18H27F3N4.HI/c1-2-22-17(23-9-6-12-25-10-3-4-11-25)24-14-15-7-5-8-16(13-15)18(19,20)21;/h5,7-8,13H,2-4,6,9-12,14H2,1H3,(H2,22,23,24);1H. The Balaban J connectivity index is 0.00000338. The summed E-state index contributed by atoms with van der Waals surface area (Å²) >= 11 is 0. The number of benzene rings is 1. The molecule has 0 spiro atoms. The topological polar surface area (TPSA) is 39.7 Å². The summed E-state index contributed by atoms with van der Waals surface area (Å²) in [6.45, 7) is 7.12. The van der Waals surface area contributed by atoms with Gasteiger partial charge in [-0.15, -0.1) is 24.0 Å². The highest BCUT2D eigenvalue weighted by molar-refractivity contribution is 14.0. The molecule has 0 aliphatic carbocycles. The zero-order chi connectivity index (χ0) is 18.1. The van der Waals surface area contributed by atoms with Crippen molar-refractivity contribution in [2.45, 2.75) is 38.9 Å². The lowest BCUT2D eigenvalue weighted by Crippen LogP contribution is -2.38. The van der Waals surface area contributed by atoms with E-state index in [1.807, 2.05) is 6.92 Å². The van der Waals surface area contributed by atoms with Gasteiger partial charge in [-0.2, -0.15) is 13.2 Å². The molecule has 0 amide bonds. The second-order valence-corrected chi connectivity index (χ2v) is 6.22. The van der Waals surface area contributed by atoms with Gasteiger partial charge in [0, 0.05) is 13.1 Å². The summed E-state index contributed by atoms with van der Waals surface area (Å²) in [4.78, 5) is 6.84. The molecule has 1 fully saturated rings. The van der Waals surface area contributed by atoms with Gasteiger partial charge in [0.15, 0.2) is 5.96 Å². The van der Waals surface area contributed by atoms with E-state index in [0.29, 0.717) is 18.1 Å². The minimum absolute atomic E-state index is 0. The molecule has 0 saturated carbocycles. The molecule has 0 atom stereocenters. The third-order valence-corrected chi connectivity index (χ3v) is 4.16. The summed E-state index contributed by atoms with van der Waals surface area (Å²) in [5.74, 6) is 0.640. The lowest BCUT2D eigenvalue weighted by molar-refractivity contribution is -0.137. The highest BCUT2D eigenvalue weighted by atomic mass is 127. The minimum Gasteiger partial charge on any atom is -0.357 e. The van der Waals surface area contributed by atoms with Crippen LogP contribution < -0.4 is 10.6 Å². The van der Waals surface area contributed by atoms with Crippen LogP contribution in [-0.2, 0) is 12.7 Å². The highest BCUT2D eigenvalue weighted by Gasteiger charge is 2.30. The molecule has 0 aromatic heterocycles. The molecule has 2 rings (SSSR count). The van der Waals surface area contributed by atoms with Crippen molar-refractivity contribution in [2.24, 2.45) is 4.99 Å². The molecule has 148 valence electrons. The molecule has 4 nitrogen and oxygen atoms in total. The fraction of sp³-hybridized carbons (Fsp3) is 0.611. The van der Waals surface area contributed by atoms with E-state index in [-0.39, 0.29) is 30.5 Å². The van der Waals surface area contributed by atoms with Crippen molar-refractivity contribution in [1.29, 1.82) is 0 Å². The molecule has 1 aliphatic rings. The van der Waals surface area contributed by atoms with Crippen LogP contribution in [0.2, 0.25) is 0 Å². The van der Waals surface area contributed by atoms with Crippen LogP contribution in [-0.4, -0.2) is 43.6 Å². The highest BCUT2D eigenvalue weighted by Crippen LogP contribution is 2.29. The van der Waals surface area contributed by atoms with Crippen LogP contribution in [0.3, 0.4) is 0 Å². The summed E-state index contributed by atoms with van der Waals surface area (Å²) in [5, 5.41) is 6.38. The lowest BCUT2D eigenvalue weighted by Gasteiger charge is -2.16. The molecular formula is C18H28F3IN4. The molecule has 1 saturated heterocycles. The van der Waals surface area contributed by atoms with Crippen LogP contribution in [0.5, 0.6) is 0 Å². The van der Waals surface area contributed by atoms with Gasteiger partial charge in [-0.1, -0.05) is 12.1 Å². The number of hydrogen-bond acceptors (Lipinski definition) is 2. The predicted molar refractivity (Wildman–Crippen MR) is 110 cm³/mol. The molecule has 26 heavy (non-hydrogen) atoms. The Labute approximate surface area is 170 Å². The van der Waals surface area contributed by atoms with Crippen molar-refractivity contribution in [3.63, 3.8) is 0 Å². The number of likely N-dealkylation sites (tertiary alicyclic amines) is 1. The fourth-order valence-electron chi connectivity index (χ4n) is 2.87. The number of aliphatic imine (C=N–C) groups is 1. The first-order chi connectivity index (χ1) is 12.0. The van der Waals surface area contributed by atoms with Crippen LogP contribution in [0, 0.1) is 0 Å². The number of rotatable bonds is 7. The SMILES string of the molecule is CCNC(=NCc1cccc(C(F)(F)F)c1)NCCCN1CCCC1.I. The number of nitrogens with zero attached hydrogens (tertiary/aromatic N) is 2. The van der Waals surface area contributed by atoms with E-state index >= 15 is 0 Å². The first kappa shape index (κ1) is 23.0. The predicted octanol–water partition coefficient (Wildman–Crippen LogP) is 3.86. The van der Waals surface area contributed by atoms with E-state index in [1.165, 1.54) is 32.0 Å². The monoisotopic (exact) mass is 484 g/mol. The van der Waals surface area contributed by atoms with Crippen molar-refractivity contribution in [3.8, 4) is 0 Å². The van der Waals surface area contributed by atoms with Crippen molar-refractivity contribution < 1.29 is 13.2 Å². The Morgan fingerprint density at radius 1 is 1.19 bits per heavy atom. The molecule has 1 aromatic rings. The van der Waals surface area contributed by atoms with E-state index in [4.69, 9.17) is 0 Å². The normalized spacial score (nSPS) is 15.6. The van der Waals surface area contributed by atoms with Gasteiger partial charge in [0.1, 0.15) is 0 Å². The van der Waals surface area contributed by atoms with Crippen molar-refractivity contribution in [3.05, 3.63) is 35.4 Å². The third-order valence-electron chi connectivity index (χ3n) is 4.16. The van der Waals surface area contributed by atoms with Crippen LogP contribution in [0.4, 0.5) is 13.2 Å². The quantitative estimate of drug-likeness (QED) is 0.267. The molecule has 1 aromatic carbocycles. The first-order valence-electron chi connectivity index (χ1n) is 8.89. The van der Waals surface area contributed by atoms with Gasteiger partial charge in [0.2, 0.25) is 0 Å². The molecule has 2 N–H and O–H groups in total. The minimum atomic E-state index is -4.32. The maximum Gasteiger partial charge on any atom is 0.416 e.